The summed E-state index contributed by atoms with van der Waals surface area (Å²) in [6.45, 7) is 8.50. The highest BCUT2D eigenvalue weighted by Gasteiger charge is 2.22. The zero-order valence-electron chi connectivity index (χ0n) is 20.1. The summed E-state index contributed by atoms with van der Waals surface area (Å²) in [7, 11) is 1.57. The molecule has 34 heavy (non-hydrogen) atoms. The lowest BCUT2D eigenvalue weighted by molar-refractivity contribution is -0.111. The molecule has 0 fully saturated rings. The molecule has 0 atom stereocenters. The Morgan fingerprint density at radius 3 is 2.47 bits per heavy atom. The maximum Gasteiger partial charge on any atom is 0.341 e. The van der Waals surface area contributed by atoms with Crippen LogP contribution in [0.4, 0.5) is 5.00 Å². The fourth-order valence-electron chi connectivity index (χ4n) is 3.37. The standard InChI is InChI=1S/C27H29NO5S/c1-6-32-22-12-9-19(15-23(22)31-5)10-13-24(29)28-26-25(27(30)33-7-2)21(16-34-26)20-11-8-17(3)18(4)14-20/h8-16H,6-7H2,1-5H3,(H,28,29)/b13-10+. The van der Waals surface area contributed by atoms with Crippen molar-refractivity contribution in [3.8, 4) is 22.6 Å². The Labute approximate surface area is 204 Å². The molecule has 1 heterocycles. The number of hydrogen-bond acceptors (Lipinski definition) is 6. The number of ether oxygens (including phenoxy) is 3. The molecule has 0 aliphatic carbocycles. The monoisotopic (exact) mass is 479 g/mol. The molecule has 3 rings (SSSR count). The van der Waals surface area contributed by atoms with E-state index < -0.39 is 5.97 Å². The van der Waals surface area contributed by atoms with Crippen molar-refractivity contribution < 1.29 is 23.8 Å². The summed E-state index contributed by atoms with van der Waals surface area (Å²) in [6, 6.07) is 11.5. The zero-order valence-corrected chi connectivity index (χ0v) is 20.9. The van der Waals surface area contributed by atoms with Crippen molar-refractivity contribution in [3.05, 3.63) is 70.1 Å². The summed E-state index contributed by atoms with van der Waals surface area (Å²) in [5, 5.41) is 5.15. The molecule has 0 unspecified atom stereocenters. The van der Waals surface area contributed by atoms with E-state index in [2.05, 4.69) is 5.32 Å². The van der Waals surface area contributed by atoms with Crippen LogP contribution in [0.25, 0.3) is 17.2 Å². The predicted molar refractivity (Wildman–Crippen MR) is 137 cm³/mol. The van der Waals surface area contributed by atoms with Crippen LogP contribution in [0.1, 0.15) is 40.9 Å². The molecule has 0 saturated heterocycles. The first-order chi connectivity index (χ1) is 16.4. The van der Waals surface area contributed by atoms with Crippen LogP contribution in [-0.4, -0.2) is 32.2 Å². The fourth-order valence-corrected chi connectivity index (χ4v) is 4.33. The number of methoxy groups -OCH3 is 1. The summed E-state index contributed by atoms with van der Waals surface area (Å²) >= 11 is 1.30. The van der Waals surface area contributed by atoms with Gasteiger partial charge < -0.3 is 19.5 Å². The maximum absolute atomic E-state index is 12.8. The molecule has 1 amide bonds. The largest absolute Gasteiger partial charge is 0.493 e. The number of carbonyl (C=O) groups is 2. The molecule has 0 saturated carbocycles. The molecule has 3 aromatic rings. The van der Waals surface area contributed by atoms with Crippen molar-refractivity contribution in [2.75, 3.05) is 25.6 Å². The van der Waals surface area contributed by atoms with E-state index in [0.717, 1.165) is 22.3 Å². The topological polar surface area (TPSA) is 73.9 Å². The van der Waals surface area contributed by atoms with Gasteiger partial charge in [0.05, 0.1) is 20.3 Å². The van der Waals surface area contributed by atoms with Crippen LogP contribution in [0.3, 0.4) is 0 Å². The molecule has 6 nitrogen and oxygen atoms in total. The number of nitrogens with one attached hydrogen (secondary N) is 1. The number of anilines is 1. The minimum atomic E-state index is -0.465. The SMILES string of the molecule is CCOC(=O)c1c(-c2ccc(C)c(C)c2)csc1NC(=O)/C=C/c1ccc(OCC)c(OC)c1. The van der Waals surface area contributed by atoms with E-state index in [1.54, 1.807) is 32.2 Å². The summed E-state index contributed by atoms with van der Waals surface area (Å²) < 4.78 is 16.2. The lowest BCUT2D eigenvalue weighted by atomic mass is 9.99. The van der Waals surface area contributed by atoms with Crippen molar-refractivity contribution >= 4 is 34.3 Å². The van der Waals surface area contributed by atoms with E-state index in [-0.39, 0.29) is 12.5 Å². The normalized spacial score (nSPS) is 10.9. The van der Waals surface area contributed by atoms with Gasteiger partial charge in [0, 0.05) is 17.0 Å². The van der Waals surface area contributed by atoms with Gasteiger partial charge in [-0.2, -0.15) is 0 Å². The predicted octanol–water partition coefficient (Wildman–Crippen LogP) is 6.27. The lowest BCUT2D eigenvalue weighted by Gasteiger charge is -2.10. The number of rotatable bonds is 9. The molecule has 1 aromatic heterocycles. The van der Waals surface area contributed by atoms with Gasteiger partial charge in [-0.15, -0.1) is 11.3 Å². The van der Waals surface area contributed by atoms with Gasteiger partial charge >= 0.3 is 5.97 Å². The molecule has 2 aromatic carbocycles. The third kappa shape index (κ3) is 5.85. The highest BCUT2D eigenvalue weighted by Crippen LogP contribution is 2.37. The van der Waals surface area contributed by atoms with Gasteiger partial charge in [-0.05, 0) is 68.2 Å². The Hall–Kier alpha value is -3.58. The number of thiophene rings is 1. The minimum Gasteiger partial charge on any atom is -0.493 e. The van der Waals surface area contributed by atoms with Crippen LogP contribution in [0.5, 0.6) is 11.5 Å². The Morgan fingerprint density at radius 1 is 1.00 bits per heavy atom. The summed E-state index contributed by atoms with van der Waals surface area (Å²) in [5.74, 6) is 0.410. The second kappa shape index (κ2) is 11.5. The van der Waals surface area contributed by atoms with Crippen molar-refractivity contribution in [3.63, 3.8) is 0 Å². The number of benzene rings is 2. The molecular formula is C27H29NO5S. The lowest BCUT2D eigenvalue weighted by Crippen LogP contribution is -2.12. The molecular weight excluding hydrogens is 450 g/mol. The van der Waals surface area contributed by atoms with Crippen molar-refractivity contribution in [1.82, 2.24) is 0 Å². The molecule has 0 radical (unpaired) electrons. The van der Waals surface area contributed by atoms with Crippen LogP contribution in [0, 0.1) is 13.8 Å². The first-order valence-electron chi connectivity index (χ1n) is 11.0. The average molecular weight is 480 g/mol. The van der Waals surface area contributed by atoms with Crippen LogP contribution in [0.15, 0.2) is 47.9 Å². The highest BCUT2D eigenvalue weighted by molar-refractivity contribution is 7.15. The maximum atomic E-state index is 12.8. The Kier molecular flexibility index (Phi) is 8.49. The van der Waals surface area contributed by atoms with Gasteiger partial charge in [-0.25, -0.2) is 4.79 Å². The van der Waals surface area contributed by atoms with Crippen molar-refractivity contribution in [1.29, 1.82) is 0 Å². The molecule has 0 aliphatic heterocycles. The Bertz CT molecular complexity index is 1210. The van der Waals surface area contributed by atoms with E-state index in [4.69, 9.17) is 14.2 Å². The Balaban J connectivity index is 1.85. The van der Waals surface area contributed by atoms with Crippen LogP contribution >= 0.6 is 11.3 Å². The van der Waals surface area contributed by atoms with Gasteiger partial charge in [0.1, 0.15) is 10.6 Å². The molecule has 0 aliphatic rings. The number of esters is 1. The quantitative estimate of drug-likeness (QED) is 0.289. The van der Waals surface area contributed by atoms with Crippen molar-refractivity contribution in [2.24, 2.45) is 0 Å². The number of amides is 1. The smallest absolute Gasteiger partial charge is 0.341 e. The Morgan fingerprint density at radius 2 is 1.79 bits per heavy atom. The molecule has 0 bridgehead atoms. The van der Waals surface area contributed by atoms with Gasteiger partial charge in [0.15, 0.2) is 11.5 Å². The van der Waals surface area contributed by atoms with Gasteiger partial charge in [0.25, 0.3) is 0 Å². The fraction of sp³-hybridized carbons (Fsp3) is 0.259. The molecule has 178 valence electrons. The third-order valence-corrected chi connectivity index (χ3v) is 6.14. The highest BCUT2D eigenvalue weighted by atomic mass is 32.1. The minimum absolute atomic E-state index is 0.244. The first-order valence-corrected chi connectivity index (χ1v) is 11.9. The first kappa shape index (κ1) is 25.1. The van der Waals surface area contributed by atoms with E-state index in [9.17, 15) is 9.59 Å². The van der Waals surface area contributed by atoms with Gasteiger partial charge in [-0.1, -0.05) is 24.3 Å². The third-order valence-electron chi connectivity index (χ3n) is 5.24. The van der Waals surface area contributed by atoms with Gasteiger partial charge in [0.2, 0.25) is 5.91 Å². The van der Waals surface area contributed by atoms with Crippen LogP contribution in [0.2, 0.25) is 0 Å². The summed E-state index contributed by atoms with van der Waals surface area (Å²) in [5.41, 5.74) is 5.07. The van der Waals surface area contributed by atoms with Crippen molar-refractivity contribution in [2.45, 2.75) is 27.7 Å². The number of hydrogen-bond donors (Lipinski definition) is 1. The average Bonchev–Trinajstić information content (AvgIpc) is 3.24. The summed E-state index contributed by atoms with van der Waals surface area (Å²) in [6.07, 6.45) is 3.09. The number of aryl methyl sites for hydroxylation is 2. The molecule has 7 heteroatoms. The molecule has 1 N–H and O–H groups in total. The zero-order chi connectivity index (χ0) is 24.7. The van der Waals surface area contributed by atoms with Crippen LogP contribution in [-0.2, 0) is 9.53 Å². The van der Waals surface area contributed by atoms with Gasteiger partial charge in [-0.3, -0.25) is 4.79 Å². The second-order valence-electron chi connectivity index (χ2n) is 7.54. The van der Waals surface area contributed by atoms with Crippen LogP contribution < -0.4 is 14.8 Å². The van der Waals surface area contributed by atoms with E-state index in [1.165, 1.54) is 23.0 Å². The van der Waals surface area contributed by atoms with E-state index >= 15 is 0 Å². The van der Waals surface area contributed by atoms with E-state index in [1.807, 2.05) is 50.4 Å². The molecule has 0 spiro atoms. The number of carbonyl (C=O) groups excluding carboxylic acids is 2. The summed E-state index contributed by atoms with van der Waals surface area (Å²) in [4.78, 5) is 25.5. The van der Waals surface area contributed by atoms with E-state index in [0.29, 0.717) is 28.7 Å². The second-order valence-corrected chi connectivity index (χ2v) is 8.42.